The molecule has 0 saturated carbocycles. The van der Waals surface area contributed by atoms with Gasteiger partial charge in [0.1, 0.15) is 6.61 Å². The Hall–Kier alpha value is -0.570. The van der Waals surface area contributed by atoms with Crippen LogP contribution in [0.3, 0.4) is 0 Å². The molecule has 0 N–H and O–H groups in total. The van der Waals surface area contributed by atoms with Gasteiger partial charge in [0.15, 0.2) is 0 Å². The average molecular weight is 174 g/mol. The minimum absolute atomic E-state index is 0.0261. The summed E-state index contributed by atoms with van der Waals surface area (Å²) in [7, 11) is 1.58. The molecule has 0 radical (unpaired) electrons. The molecule has 0 spiro atoms. The topological polar surface area (TPSA) is 35.5 Å². The summed E-state index contributed by atoms with van der Waals surface area (Å²) >= 11 is 0. The number of ether oxygens (including phenoxy) is 2. The monoisotopic (exact) mass is 174 g/mol. The van der Waals surface area contributed by atoms with Crippen LogP contribution in [-0.2, 0) is 14.3 Å². The fraction of sp³-hybridized carbons (Fsp3) is 0.889. The quantitative estimate of drug-likeness (QED) is 0.467. The lowest BCUT2D eigenvalue weighted by Crippen LogP contribution is -2.21. The molecule has 3 heteroatoms. The van der Waals surface area contributed by atoms with Crippen LogP contribution in [0, 0.1) is 11.8 Å². The normalized spacial score (nSPS) is 13.1. The lowest BCUT2D eigenvalue weighted by molar-refractivity contribution is -0.150. The fourth-order valence-corrected chi connectivity index (χ4v) is 0.629. The van der Waals surface area contributed by atoms with Gasteiger partial charge in [-0.2, -0.15) is 0 Å². The van der Waals surface area contributed by atoms with Gasteiger partial charge in [-0.1, -0.05) is 20.8 Å². The highest BCUT2D eigenvalue weighted by atomic mass is 16.6. The van der Waals surface area contributed by atoms with Crippen LogP contribution < -0.4 is 0 Å². The molecule has 0 aromatic carbocycles. The van der Waals surface area contributed by atoms with Crippen molar-refractivity contribution in [3.05, 3.63) is 0 Å². The molecule has 0 amide bonds. The molecule has 0 aromatic heterocycles. The van der Waals surface area contributed by atoms with E-state index in [0.717, 1.165) is 0 Å². The van der Waals surface area contributed by atoms with E-state index in [1.54, 1.807) is 7.11 Å². The zero-order chi connectivity index (χ0) is 9.56. The predicted molar refractivity (Wildman–Crippen MR) is 46.8 cm³/mol. The molecule has 0 aromatic rings. The Morgan fingerprint density at radius 1 is 1.25 bits per heavy atom. The standard InChI is InChI=1S/C9H18O3/c1-7(2)8(3)9(10)12-6-5-11-4/h7-8H,5-6H2,1-4H3. The smallest absolute Gasteiger partial charge is 0.308 e. The molecular weight excluding hydrogens is 156 g/mol. The highest BCUT2D eigenvalue weighted by Crippen LogP contribution is 2.10. The molecule has 1 atom stereocenters. The third-order valence-corrected chi connectivity index (χ3v) is 1.90. The number of carbonyl (C=O) groups is 1. The van der Waals surface area contributed by atoms with E-state index in [9.17, 15) is 4.79 Å². The maximum absolute atomic E-state index is 11.2. The van der Waals surface area contributed by atoms with E-state index in [0.29, 0.717) is 19.1 Å². The molecular formula is C9H18O3. The SMILES string of the molecule is COCCOC(=O)C(C)C(C)C. The summed E-state index contributed by atoms with van der Waals surface area (Å²) in [5.74, 6) is 0.170. The van der Waals surface area contributed by atoms with E-state index in [2.05, 4.69) is 0 Å². The summed E-state index contributed by atoms with van der Waals surface area (Å²) < 4.78 is 9.70. The fourth-order valence-electron chi connectivity index (χ4n) is 0.629. The van der Waals surface area contributed by atoms with Crippen molar-refractivity contribution < 1.29 is 14.3 Å². The molecule has 0 heterocycles. The predicted octanol–water partition coefficient (Wildman–Crippen LogP) is 1.47. The van der Waals surface area contributed by atoms with E-state index in [1.165, 1.54) is 0 Å². The first kappa shape index (κ1) is 11.4. The maximum Gasteiger partial charge on any atom is 0.308 e. The summed E-state index contributed by atoms with van der Waals surface area (Å²) in [6, 6.07) is 0. The van der Waals surface area contributed by atoms with E-state index in [4.69, 9.17) is 9.47 Å². The molecule has 0 aliphatic rings. The third-order valence-electron chi connectivity index (χ3n) is 1.90. The van der Waals surface area contributed by atoms with Crippen molar-refractivity contribution in [2.75, 3.05) is 20.3 Å². The summed E-state index contributed by atoms with van der Waals surface area (Å²) in [5, 5.41) is 0. The summed E-state index contributed by atoms with van der Waals surface area (Å²) in [5.41, 5.74) is 0. The second-order valence-corrected chi connectivity index (χ2v) is 3.19. The van der Waals surface area contributed by atoms with E-state index in [1.807, 2.05) is 20.8 Å². The van der Waals surface area contributed by atoms with Gasteiger partial charge in [-0.15, -0.1) is 0 Å². The highest BCUT2D eigenvalue weighted by Gasteiger charge is 2.17. The summed E-state index contributed by atoms with van der Waals surface area (Å²) in [4.78, 5) is 11.2. The lowest BCUT2D eigenvalue weighted by Gasteiger charge is -2.13. The number of hydrogen-bond donors (Lipinski definition) is 0. The van der Waals surface area contributed by atoms with E-state index in [-0.39, 0.29) is 11.9 Å². The van der Waals surface area contributed by atoms with Gasteiger partial charge in [-0.05, 0) is 5.92 Å². The van der Waals surface area contributed by atoms with Crippen molar-refractivity contribution in [1.82, 2.24) is 0 Å². The van der Waals surface area contributed by atoms with Crippen LogP contribution >= 0.6 is 0 Å². The van der Waals surface area contributed by atoms with Crippen LogP contribution in [-0.4, -0.2) is 26.3 Å². The first-order valence-corrected chi connectivity index (χ1v) is 4.25. The first-order valence-electron chi connectivity index (χ1n) is 4.25. The van der Waals surface area contributed by atoms with Crippen LogP contribution in [0.25, 0.3) is 0 Å². The molecule has 0 saturated heterocycles. The third kappa shape index (κ3) is 4.34. The number of methoxy groups -OCH3 is 1. The van der Waals surface area contributed by atoms with Crippen molar-refractivity contribution in [2.45, 2.75) is 20.8 Å². The molecule has 1 unspecified atom stereocenters. The van der Waals surface area contributed by atoms with Gasteiger partial charge in [-0.3, -0.25) is 4.79 Å². The summed E-state index contributed by atoms with van der Waals surface area (Å²) in [6.45, 7) is 6.70. The largest absolute Gasteiger partial charge is 0.463 e. The van der Waals surface area contributed by atoms with Crippen LogP contribution in [0.5, 0.6) is 0 Å². The van der Waals surface area contributed by atoms with Crippen molar-refractivity contribution in [3.8, 4) is 0 Å². The minimum Gasteiger partial charge on any atom is -0.463 e. The molecule has 12 heavy (non-hydrogen) atoms. The Morgan fingerprint density at radius 3 is 2.25 bits per heavy atom. The van der Waals surface area contributed by atoms with Gasteiger partial charge in [-0.25, -0.2) is 0 Å². The zero-order valence-corrected chi connectivity index (χ0v) is 8.29. The summed E-state index contributed by atoms with van der Waals surface area (Å²) in [6.07, 6.45) is 0. The van der Waals surface area contributed by atoms with Gasteiger partial charge in [0, 0.05) is 7.11 Å². The lowest BCUT2D eigenvalue weighted by atomic mass is 9.99. The molecule has 0 fully saturated rings. The van der Waals surface area contributed by atoms with E-state index < -0.39 is 0 Å². The van der Waals surface area contributed by atoms with Crippen molar-refractivity contribution in [3.63, 3.8) is 0 Å². The Kier molecular flexibility index (Phi) is 5.72. The molecule has 0 rings (SSSR count). The molecule has 72 valence electrons. The average Bonchev–Trinajstić information content (AvgIpc) is 2.03. The Balaban J connectivity index is 3.57. The van der Waals surface area contributed by atoms with Crippen LogP contribution in [0.2, 0.25) is 0 Å². The van der Waals surface area contributed by atoms with Gasteiger partial charge < -0.3 is 9.47 Å². The molecule has 0 aliphatic carbocycles. The highest BCUT2D eigenvalue weighted by molar-refractivity contribution is 5.72. The Bertz CT molecular complexity index is 132. The minimum atomic E-state index is -0.137. The molecule has 3 nitrogen and oxygen atoms in total. The van der Waals surface area contributed by atoms with Crippen LogP contribution in [0.4, 0.5) is 0 Å². The second kappa shape index (κ2) is 6.00. The number of carbonyl (C=O) groups excluding carboxylic acids is 1. The second-order valence-electron chi connectivity index (χ2n) is 3.19. The van der Waals surface area contributed by atoms with Crippen LogP contribution in [0.1, 0.15) is 20.8 Å². The Labute approximate surface area is 74.0 Å². The first-order chi connectivity index (χ1) is 5.59. The van der Waals surface area contributed by atoms with Gasteiger partial charge in [0.2, 0.25) is 0 Å². The number of rotatable bonds is 5. The van der Waals surface area contributed by atoms with Gasteiger partial charge in [0.25, 0.3) is 0 Å². The maximum atomic E-state index is 11.2. The number of esters is 1. The van der Waals surface area contributed by atoms with Crippen LogP contribution in [0.15, 0.2) is 0 Å². The van der Waals surface area contributed by atoms with Crippen molar-refractivity contribution >= 4 is 5.97 Å². The molecule has 0 bridgehead atoms. The zero-order valence-electron chi connectivity index (χ0n) is 8.29. The van der Waals surface area contributed by atoms with Crippen molar-refractivity contribution in [1.29, 1.82) is 0 Å². The van der Waals surface area contributed by atoms with Gasteiger partial charge >= 0.3 is 5.97 Å². The van der Waals surface area contributed by atoms with E-state index >= 15 is 0 Å². The van der Waals surface area contributed by atoms with Gasteiger partial charge in [0.05, 0.1) is 12.5 Å². The number of hydrogen-bond acceptors (Lipinski definition) is 3. The molecule has 0 aliphatic heterocycles. The van der Waals surface area contributed by atoms with Crippen molar-refractivity contribution in [2.24, 2.45) is 11.8 Å². The Morgan fingerprint density at radius 2 is 1.83 bits per heavy atom.